The van der Waals surface area contributed by atoms with E-state index in [1.807, 2.05) is 60.7 Å². The molecule has 0 aliphatic carbocycles. The van der Waals surface area contributed by atoms with E-state index in [1.54, 1.807) is 48.5 Å². The third-order valence-electron chi connectivity index (χ3n) is 4.66. The first kappa shape index (κ1) is 21.7. The Kier molecular flexibility index (Phi) is 7.03. The van der Waals surface area contributed by atoms with Gasteiger partial charge in [-0.15, -0.1) is 0 Å². The lowest BCUT2D eigenvalue weighted by Crippen LogP contribution is -2.13. The van der Waals surface area contributed by atoms with Crippen molar-refractivity contribution in [1.29, 1.82) is 0 Å². The zero-order valence-electron chi connectivity index (χ0n) is 17.6. The topological polar surface area (TPSA) is 76.7 Å². The summed E-state index contributed by atoms with van der Waals surface area (Å²) in [6.07, 6.45) is 0. The van der Waals surface area contributed by atoms with Crippen LogP contribution in [0.4, 0.5) is 11.4 Å². The Hall–Kier alpha value is -4.52. The van der Waals surface area contributed by atoms with Crippen molar-refractivity contribution in [1.82, 2.24) is 0 Å². The molecule has 0 atom stereocenters. The number of rotatable bonds is 8. The number of anilines is 2. The Morgan fingerprint density at radius 1 is 0.515 bits per heavy atom. The van der Waals surface area contributed by atoms with Gasteiger partial charge in [0.1, 0.15) is 11.5 Å². The van der Waals surface area contributed by atoms with Crippen LogP contribution in [0, 0.1) is 0 Å². The van der Waals surface area contributed by atoms with Crippen molar-refractivity contribution < 1.29 is 18.9 Å². The van der Waals surface area contributed by atoms with Gasteiger partial charge < -0.3 is 19.9 Å². The first-order valence-corrected chi connectivity index (χ1v) is 10.3. The van der Waals surface area contributed by atoms with Gasteiger partial charge in [-0.2, -0.15) is 0 Å². The van der Waals surface area contributed by atoms with E-state index in [0.717, 1.165) is 11.4 Å². The Morgan fingerprint density at radius 2 is 0.879 bits per heavy atom. The molecular formula is C26H20BN2O4. The van der Waals surface area contributed by atoms with E-state index in [-0.39, 0.29) is 11.8 Å². The van der Waals surface area contributed by atoms with Crippen molar-refractivity contribution in [2.75, 3.05) is 10.6 Å². The predicted molar refractivity (Wildman–Crippen MR) is 129 cm³/mol. The van der Waals surface area contributed by atoms with Crippen LogP contribution in [-0.4, -0.2) is 19.5 Å². The number of benzene rings is 4. The van der Waals surface area contributed by atoms with E-state index in [9.17, 15) is 9.59 Å². The summed E-state index contributed by atoms with van der Waals surface area (Å²) in [6, 6.07) is 31.9. The maximum absolute atomic E-state index is 12.3. The van der Waals surface area contributed by atoms with Gasteiger partial charge in [-0.1, -0.05) is 36.4 Å². The molecule has 2 N–H and O–H groups in total. The third-order valence-corrected chi connectivity index (χ3v) is 4.66. The second-order valence-electron chi connectivity index (χ2n) is 7.02. The van der Waals surface area contributed by atoms with Gasteiger partial charge in [-0.3, -0.25) is 9.59 Å². The maximum Gasteiger partial charge on any atom is 0.658 e. The Labute approximate surface area is 192 Å². The molecule has 161 valence electrons. The van der Waals surface area contributed by atoms with E-state index in [0.29, 0.717) is 22.6 Å². The summed E-state index contributed by atoms with van der Waals surface area (Å²) in [6.45, 7) is 0. The molecule has 33 heavy (non-hydrogen) atoms. The van der Waals surface area contributed by atoms with E-state index in [1.165, 1.54) is 7.69 Å². The fraction of sp³-hybridized carbons (Fsp3) is 0. The van der Waals surface area contributed by atoms with Gasteiger partial charge in [-0.25, -0.2) is 0 Å². The molecule has 1 radical (unpaired) electrons. The van der Waals surface area contributed by atoms with Crippen LogP contribution in [0.2, 0.25) is 0 Å². The second kappa shape index (κ2) is 10.7. The minimum absolute atomic E-state index is 0.204. The summed E-state index contributed by atoms with van der Waals surface area (Å²) in [4.78, 5) is 24.6. The van der Waals surface area contributed by atoms with Crippen LogP contribution in [-0.2, 0) is 0 Å². The summed E-state index contributed by atoms with van der Waals surface area (Å²) < 4.78 is 10.9. The fourth-order valence-corrected chi connectivity index (χ4v) is 2.95. The lowest BCUT2D eigenvalue weighted by Gasteiger charge is -2.09. The highest BCUT2D eigenvalue weighted by Crippen LogP contribution is 2.16. The predicted octanol–water partition coefficient (Wildman–Crippen LogP) is 5.18. The van der Waals surface area contributed by atoms with Crippen LogP contribution in [0.15, 0.2) is 109 Å². The molecule has 0 heterocycles. The Bertz CT molecular complexity index is 1100. The first-order valence-electron chi connectivity index (χ1n) is 10.3. The summed E-state index contributed by atoms with van der Waals surface area (Å²) in [7, 11) is 1.19. The van der Waals surface area contributed by atoms with Gasteiger partial charge in [0.25, 0.3) is 11.8 Å². The number of hydrogen-bond acceptors (Lipinski definition) is 4. The van der Waals surface area contributed by atoms with Crippen LogP contribution in [0.25, 0.3) is 0 Å². The Balaban J connectivity index is 1.24. The van der Waals surface area contributed by atoms with Crippen LogP contribution in [0.3, 0.4) is 0 Å². The lowest BCUT2D eigenvalue weighted by atomic mass is 10.2. The van der Waals surface area contributed by atoms with Crippen LogP contribution >= 0.6 is 0 Å². The smallest absolute Gasteiger partial charge is 0.526 e. The Morgan fingerprint density at radius 3 is 1.24 bits per heavy atom. The largest absolute Gasteiger partial charge is 0.658 e. The molecule has 0 aliphatic heterocycles. The number of amides is 2. The highest BCUT2D eigenvalue weighted by molar-refractivity contribution is 6.20. The molecule has 0 saturated carbocycles. The molecule has 7 heteroatoms. The third kappa shape index (κ3) is 6.24. The number of para-hydroxylation sites is 2. The molecule has 0 spiro atoms. The summed E-state index contributed by atoms with van der Waals surface area (Å²) in [5.74, 6) is 0.629. The minimum atomic E-state index is -0.204. The van der Waals surface area contributed by atoms with Gasteiger partial charge >= 0.3 is 7.69 Å². The molecule has 0 bridgehead atoms. The fourth-order valence-electron chi connectivity index (χ4n) is 2.95. The molecule has 4 aromatic rings. The number of carbonyl (C=O) groups is 2. The molecule has 0 aromatic heterocycles. The van der Waals surface area contributed by atoms with E-state index >= 15 is 0 Å². The number of carbonyl (C=O) groups excluding carboxylic acids is 2. The zero-order valence-corrected chi connectivity index (χ0v) is 17.6. The van der Waals surface area contributed by atoms with Crippen molar-refractivity contribution in [3.05, 3.63) is 120 Å². The lowest BCUT2D eigenvalue weighted by molar-refractivity contribution is 0.101. The van der Waals surface area contributed by atoms with Crippen LogP contribution in [0.5, 0.6) is 11.5 Å². The average molecular weight is 435 g/mol. The van der Waals surface area contributed by atoms with Crippen molar-refractivity contribution in [3.63, 3.8) is 0 Å². The molecule has 6 nitrogen and oxygen atoms in total. The van der Waals surface area contributed by atoms with Gasteiger partial charge in [0, 0.05) is 22.5 Å². The molecule has 4 aromatic carbocycles. The SMILES string of the molecule is O=C(Nc1ccccc1)c1ccc(O[B]Oc2ccc(C(=O)Nc3ccccc3)cc2)cc1. The van der Waals surface area contributed by atoms with Crippen LogP contribution < -0.4 is 19.9 Å². The monoisotopic (exact) mass is 435 g/mol. The minimum Gasteiger partial charge on any atom is -0.526 e. The zero-order chi connectivity index (χ0) is 22.9. The highest BCUT2D eigenvalue weighted by Gasteiger charge is 2.09. The summed E-state index contributed by atoms with van der Waals surface area (Å²) >= 11 is 0. The normalized spacial score (nSPS) is 10.1. The van der Waals surface area contributed by atoms with Gasteiger partial charge in [0.05, 0.1) is 0 Å². The standard InChI is InChI=1S/C26H20BN2O4/c30-25(28-21-7-3-1-4-8-21)19-11-15-23(16-12-19)32-27-33-24-17-13-20(14-18-24)26(31)29-22-9-5-2-6-10-22/h1-18H,(H,28,30)(H,29,31). The summed E-state index contributed by atoms with van der Waals surface area (Å²) in [5.41, 5.74) is 2.48. The maximum atomic E-state index is 12.3. The van der Waals surface area contributed by atoms with Crippen molar-refractivity contribution >= 4 is 30.9 Å². The van der Waals surface area contributed by atoms with Crippen molar-refractivity contribution in [2.24, 2.45) is 0 Å². The van der Waals surface area contributed by atoms with E-state index in [4.69, 9.17) is 9.31 Å². The number of nitrogens with one attached hydrogen (secondary N) is 2. The van der Waals surface area contributed by atoms with Crippen molar-refractivity contribution in [3.8, 4) is 11.5 Å². The molecule has 0 aliphatic rings. The van der Waals surface area contributed by atoms with Crippen molar-refractivity contribution in [2.45, 2.75) is 0 Å². The molecule has 2 amide bonds. The molecule has 0 fully saturated rings. The summed E-state index contributed by atoms with van der Waals surface area (Å²) in [5, 5.41) is 5.65. The average Bonchev–Trinajstić information content (AvgIpc) is 2.86. The molecule has 0 saturated heterocycles. The van der Waals surface area contributed by atoms with Gasteiger partial charge in [0.2, 0.25) is 0 Å². The second-order valence-corrected chi connectivity index (χ2v) is 7.02. The molecular weight excluding hydrogens is 415 g/mol. The first-order chi connectivity index (χ1) is 16.2. The van der Waals surface area contributed by atoms with E-state index in [2.05, 4.69) is 10.6 Å². The van der Waals surface area contributed by atoms with Gasteiger partial charge in [-0.05, 0) is 72.8 Å². The van der Waals surface area contributed by atoms with Gasteiger partial charge in [0.15, 0.2) is 0 Å². The molecule has 4 rings (SSSR count). The number of hydrogen-bond donors (Lipinski definition) is 2. The van der Waals surface area contributed by atoms with Crippen LogP contribution in [0.1, 0.15) is 20.7 Å². The quantitative estimate of drug-likeness (QED) is 0.374. The van der Waals surface area contributed by atoms with E-state index < -0.39 is 0 Å². The highest BCUT2D eigenvalue weighted by atomic mass is 16.6. The molecule has 0 unspecified atom stereocenters.